The van der Waals surface area contributed by atoms with E-state index in [0.717, 1.165) is 33.8 Å². The quantitative estimate of drug-likeness (QED) is 0.582. The Morgan fingerprint density at radius 1 is 1.12 bits per heavy atom. The van der Waals surface area contributed by atoms with Gasteiger partial charge in [-0.2, -0.15) is 0 Å². The molecule has 0 heterocycles. The summed E-state index contributed by atoms with van der Waals surface area (Å²) in [6, 6.07) is 10.00. The van der Waals surface area contributed by atoms with Crippen LogP contribution in [0.2, 0.25) is 5.02 Å². The van der Waals surface area contributed by atoms with E-state index in [1.165, 1.54) is 11.0 Å². The van der Waals surface area contributed by atoms with Gasteiger partial charge in [0.05, 0.1) is 17.0 Å². The Morgan fingerprint density at radius 2 is 1.71 bits per heavy atom. The Kier molecular flexibility index (Phi) is 8.71. The molecule has 2 rings (SSSR count). The van der Waals surface area contributed by atoms with Crippen molar-refractivity contribution in [2.45, 2.75) is 52.7 Å². The number of nitrogens with one attached hydrogen (secondary N) is 1. The summed E-state index contributed by atoms with van der Waals surface area (Å²) in [7, 11) is -3.93. The zero-order valence-electron chi connectivity index (χ0n) is 20.2. The van der Waals surface area contributed by atoms with Crippen molar-refractivity contribution >= 4 is 39.1 Å². The first-order valence-electron chi connectivity index (χ1n) is 10.7. The molecule has 0 spiro atoms. The highest BCUT2D eigenvalue weighted by Gasteiger charge is 2.31. The molecule has 0 saturated carbocycles. The van der Waals surface area contributed by atoms with Crippen molar-refractivity contribution in [1.29, 1.82) is 0 Å². The fourth-order valence-corrected chi connectivity index (χ4v) is 4.22. The fourth-order valence-electron chi connectivity index (χ4n) is 3.20. The molecule has 1 unspecified atom stereocenters. The van der Waals surface area contributed by atoms with Crippen LogP contribution in [0.15, 0.2) is 42.5 Å². The summed E-state index contributed by atoms with van der Waals surface area (Å²) in [5.74, 6) is -1.68. The molecule has 10 heteroatoms. The third-order valence-electron chi connectivity index (χ3n) is 5.01. The van der Waals surface area contributed by atoms with Gasteiger partial charge in [0.2, 0.25) is 21.8 Å². The van der Waals surface area contributed by atoms with Crippen LogP contribution in [0.4, 0.5) is 10.1 Å². The largest absolute Gasteiger partial charge is 0.350 e. The van der Waals surface area contributed by atoms with Crippen molar-refractivity contribution in [2.24, 2.45) is 0 Å². The number of carbonyl (C=O) groups is 2. The molecular weight excluding hydrogens is 481 g/mol. The van der Waals surface area contributed by atoms with E-state index in [2.05, 4.69) is 5.32 Å². The molecule has 0 bridgehead atoms. The summed E-state index contributed by atoms with van der Waals surface area (Å²) >= 11 is 5.84. The molecule has 2 aromatic carbocycles. The number of sulfonamides is 1. The van der Waals surface area contributed by atoms with Crippen LogP contribution in [-0.2, 0) is 26.2 Å². The zero-order chi connectivity index (χ0) is 25.8. The van der Waals surface area contributed by atoms with Crippen LogP contribution in [-0.4, -0.2) is 49.5 Å². The summed E-state index contributed by atoms with van der Waals surface area (Å²) in [5, 5.41) is 2.58. The number of amides is 2. The van der Waals surface area contributed by atoms with Gasteiger partial charge < -0.3 is 10.2 Å². The number of halogens is 2. The molecule has 7 nitrogen and oxygen atoms in total. The molecule has 2 aromatic rings. The molecule has 0 saturated heterocycles. The maximum Gasteiger partial charge on any atom is 0.244 e. The van der Waals surface area contributed by atoms with Crippen LogP contribution in [0.1, 0.15) is 38.8 Å². The SMILES string of the molecule is Cc1ccc(CN(C(=O)CN(c2ccc(F)c(Cl)c2)S(C)(=O)=O)C(C)C(=O)NC(C)(C)C)cc1. The van der Waals surface area contributed by atoms with Gasteiger partial charge >= 0.3 is 0 Å². The molecule has 2 amide bonds. The van der Waals surface area contributed by atoms with Crippen LogP contribution in [0.3, 0.4) is 0 Å². The number of hydrogen-bond acceptors (Lipinski definition) is 4. The summed E-state index contributed by atoms with van der Waals surface area (Å²) in [6.45, 7) is 8.52. The molecule has 34 heavy (non-hydrogen) atoms. The number of aryl methyl sites for hydroxylation is 1. The monoisotopic (exact) mass is 511 g/mol. The number of anilines is 1. The van der Waals surface area contributed by atoms with E-state index >= 15 is 0 Å². The smallest absolute Gasteiger partial charge is 0.244 e. The van der Waals surface area contributed by atoms with Crippen LogP contribution >= 0.6 is 11.6 Å². The first-order valence-corrected chi connectivity index (χ1v) is 12.9. The van der Waals surface area contributed by atoms with Gasteiger partial charge in [0.25, 0.3) is 0 Å². The van der Waals surface area contributed by atoms with Gasteiger partial charge in [-0.25, -0.2) is 12.8 Å². The number of rotatable bonds is 8. The predicted octanol–water partition coefficient (Wildman–Crippen LogP) is 3.89. The summed E-state index contributed by atoms with van der Waals surface area (Å²) in [4.78, 5) is 27.7. The minimum atomic E-state index is -3.93. The van der Waals surface area contributed by atoms with Gasteiger partial charge in [0.15, 0.2) is 0 Å². The maximum absolute atomic E-state index is 13.6. The molecule has 0 aliphatic carbocycles. The third-order valence-corrected chi connectivity index (χ3v) is 6.44. The van der Waals surface area contributed by atoms with Crippen LogP contribution < -0.4 is 9.62 Å². The normalized spacial score (nSPS) is 12.7. The molecule has 0 fully saturated rings. The van der Waals surface area contributed by atoms with Gasteiger partial charge in [-0.15, -0.1) is 0 Å². The van der Waals surface area contributed by atoms with Crippen LogP contribution in [0.25, 0.3) is 0 Å². The molecule has 0 radical (unpaired) electrons. The fraction of sp³-hybridized carbons (Fsp3) is 0.417. The van der Waals surface area contributed by atoms with Crippen molar-refractivity contribution in [3.63, 3.8) is 0 Å². The summed E-state index contributed by atoms with van der Waals surface area (Å²) < 4.78 is 39.5. The average molecular weight is 512 g/mol. The Hall–Kier alpha value is -2.65. The first-order chi connectivity index (χ1) is 15.6. The zero-order valence-corrected chi connectivity index (χ0v) is 21.8. The van der Waals surface area contributed by atoms with E-state index in [9.17, 15) is 22.4 Å². The lowest BCUT2D eigenvalue weighted by Crippen LogP contribution is -2.54. The van der Waals surface area contributed by atoms with Crippen molar-refractivity contribution in [2.75, 3.05) is 17.1 Å². The molecular formula is C24H31ClFN3O4S. The molecule has 0 aromatic heterocycles. The summed E-state index contributed by atoms with van der Waals surface area (Å²) in [5.41, 5.74) is 1.35. The van der Waals surface area contributed by atoms with Crippen LogP contribution in [0, 0.1) is 12.7 Å². The topological polar surface area (TPSA) is 86.8 Å². The Bertz CT molecular complexity index is 1150. The van der Waals surface area contributed by atoms with Crippen molar-refractivity contribution < 1.29 is 22.4 Å². The second kappa shape index (κ2) is 10.7. The molecule has 1 N–H and O–H groups in total. The van der Waals surface area contributed by atoms with Crippen molar-refractivity contribution in [3.8, 4) is 0 Å². The first kappa shape index (κ1) is 27.6. The molecule has 0 aliphatic heterocycles. The predicted molar refractivity (Wildman–Crippen MR) is 133 cm³/mol. The second-order valence-corrected chi connectivity index (χ2v) is 11.6. The maximum atomic E-state index is 13.6. The lowest BCUT2D eigenvalue weighted by atomic mass is 10.1. The highest BCUT2D eigenvalue weighted by atomic mass is 35.5. The number of benzene rings is 2. The van der Waals surface area contributed by atoms with Crippen LogP contribution in [0.5, 0.6) is 0 Å². The Labute approximate surface area is 205 Å². The van der Waals surface area contributed by atoms with Gasteiger partial charge in [-0.1, -0.05) is 41.4 Å². The average Bonchev–Trinajstić information content (AvgIpc) is 2.71. The Morgan fingerprint density at radius 3 is 2.21 bits per heavy atom. The highest BCUT2D eigenvalue weighted by Crippen LogP contribution is 2.25. The van der Waals surface area contributed by atoms with E-state index in [1.807, 2.05) is 52.0 Å². The van der Waals surface area contributed by atoms with Crippen molar-refractivity contribution in [3.05, 3.63) is 64.4 Å². The van der Waals surface area contributed by atoms with E-state index in [0.29, 0.717) is 0 Å². The standard InChI is InChI=1S/C24H31ClFN3O4S/c1-16-7-9-18(10-8-16)14-28(17(2)23(31)27-24(3,4)5)22(30)15-29(34(6,32)33)19-11-12-21(26)20(25)13-19/h7-13,17H,14-15H2,1-6H3,(H,27,31). The van der Waals surface area contributed by atoms with Gasteiger partial charge in [0.1, 0.15) is 18.4 Å². The lowest BCUT2D eigenvalue weighted by Gasteiger charge is -2.33. The van der Waals surface area contributed by atoms with E-state index in [1.54, 1.807) is 6.92 Å². The van der Waals surface area contributed by atoms with Gasteiger partial charge in [-0.05, 0) is 58.4 Å². The highest BCUT2D eigenvalue weighted by molar-refractivity contribution is 7.92. The third kappa shape index (κ3) is 7.70. The molecule has 1 atom stereocenters. The minimum absolute atomic E-state index is 0.0457. The summed E-state index contributed by atoms with van der Waals surface area (Å²) in [6.07, 6.45) is 0.942. The second-order valence-electron chi connectivity index (χ2n) is 9.29. The lowest BCUT2D eigenvalue weighted by molar-refractivity contribution is -0.140. The van der Waals surface area contributed by atoms with E-state index < -0.39 is 39.9 Å². The van der Waals surface area contributed by atoms with Gasteiger partial charge in [-0.3, -0.25) is 13.9 Å². The molecule has 186 valence electrons. The van der Waals surface area contributed by atoms with E-state index in [-0.39, 0.29) is 23.2 Å². The Balaban J connectivity index is 2.41. The van der Waals surface area contributed by atoms with E-state index in [4.69, 9.17) is 11.6 Å². The minimum Gasteiger partial charge on any atom is -0.350 e. The number of hydrogen-bond donors (Lipinski definition) is 1. The van der Waals surface area contributed by atoms with Gasteiger partial charge in [0, 0.05) is 12.1 Å². The van der Waals surface area contributed by atoms with Crippen molar-refractivity contribution in [1.82, 2.24) is 10.2 Å². The number of nitrogens with zero attached hydrogens (tertiary/aromatic N) is 2. The molecule has 0 aliphatic rings. The number of carbonyl (C=O) groups excluding carboxylic acids is 2.